The third kappa shape index (κ3) is 3.49. The molecule has 0 atom stereocenters. The van der Waals surface area contributed by atoms with Crippen molar-refractivity contribution in [3.8, 4) is 0 Å². The van der Waals surface area contributed by atoms with Crippen LogP contribution in [0.2, 0.25) is 0 Å². The summed E-state index contributed by atoms with van der Waals surface area (Å²) in [5, 5.41) is 19.2. The lowest BCUT2D eigenvalue weighted by molar-refractivity contribution is 0.0692. The molecule has 2 rings (SSSR count). The van der Waals surface area contributed by atoms with Crippen LogP contribution in [0.1, 0.15) is 16.2 Å². The molecule has 8 nitrogen and oxygen atoms in total. The molecule has 0 aliphatic carbocycles. The molecule has 0 saturated carbocycles. The van der Waals surface area contributed by atoms with E-state index in [9.17, 15) is 18.4 Å². The number of aromatic carboxylic acids is 1. The van der Waals surface area contributed by atoms with Gasteiger partial charge in [-0.1, -0.05) is 0 Å². The normalized spacial score (nSPS) is 10.2. The number of H-pyrrole nitrogens is 1. The summed E-state index contributed by atoms with van der Waals surface area (Å²) in [6.45, 7) is 0.000431. The molecule has 0 fully saturated rings. The van der Waals surface area contributed by atoms with E-state index in [0.29, 0.717) is 18.0 Å². The molecule has 110 valence electrons. The van der Waals surface area contributed by atoms with Crippen molar-refractivity contribution in [2.24, 2.45) is 0 Å². The summed E-state index contributed by atoms with van der Waals surface area (Å²) in [7, 11) is 0. The third-order valence-corrected chi connectivity index (χ3v) is 2.42. The zero-order valence-electron chi connectivity index (χ0n) is 10.4. The minimum absolute atomic E-state index is 0.000431. The van der Waals surface area contributed by atoms with Gasteiger partial charge >= 0.3 is 12.0 Å². The molecule has 0 radical (unpaired) electrons. The summed E-state index contributed by atoms with van der Waals surface area (Å²) < 4.78 is 26.6. The molecule has 4 N–H and O–H groups in total. The predicted octanol–water partition coefficient (Wildman–Crippen LogP) is 1.10. The second-order valence-corrected chi connectivity index (χ2v) is 3.86. The van der Waals surface area contributed by atoms with E-state index in [2.05, 4.69) is 25.8 Å². The standard InChI is InChI=1S/C11H9F2N5O3/c12-6-2-7(13)8(1-5(6)10(19)20)17-11(21)14-3-9-15-4-16-18-9/h1-2,4H,3H2,(H,19,20)(H2,14,17,21)(H,15,16,18). The van der Waals surface area contributed by atoms with E-state index in [0.717, 1.165) is 0 Å². The molecule has 2 aromatic rings. The van der Waals surface area contributed by atoms with Gasteiger partial charge in [0.05, 0.1) is 17.8 Å². The van der Waals surface area contributed by atoms with Crippen LogP contribution in [0.3, 0.4) is 0 Å². The maximum Gasteiger partial charge on any atom is 0.338 e. The Labute approximate surface area is 116 Å². The van der Waals surface area contributed by atoms with Gasteiger partial charge in [0.1, 0.15) is 23.8 Å². The number of nitrogens with zero attached hydrogens (tertiary/aromatic N) is 2. The van der Waals surface area contributed by atoms with Crippen LogP contribution in [0.4, 0.5) is 19.3 Å². The van der Waals surface area contributed by atoms with Crippen molar-refractivity contribution in [3.05, 3.63) is 41.5 Å². The second kappa shape index (κ2) is 5.94. The summed E-state index contributed by atoms with van der Waals surface area (Å²) >= 11 is 0. The molecule has 0 bridgehead atoms. The number of carboxylic acids is 1. The summed E-state index contributed by atoms with van der Waals surface area (Å²) in [6, 6.07) is 0.268. The van der Waals surface area contributed by atoms with E-state index in [1.165, 1.54) is 6.33 Å². The van der Waals surface area contributed by atoms with Crippen LogP contribution in [0.5, 0.6) is 0 Å². The number of rotatable bonds is 4. The van der Waals surface area contributed by atoms with E-state index in [-0.39, 0.29) is 6.54 Å². The Hall–Kier alpha value is -3.04. The lowest BCUT2D eigenvalue weighted by atomic mass is 10.2. The number of amides is 2. The lowest BCUT2D eigenvalue weighted by Crippen LogP contribution is -2.29. The van der Waals surface area contributed by atoms with Gasteiger partial charge in [-0.3, -0.25) is 5.10 Å². The predicted molar refractivity (Wildman–Crippen MR) is 65.6 cm³/mol. The Morgan fingerprint density at radius 3 is 2.67 bits per heavy atom. The average molecular weight is 297 g/mol. The number of urea groups is 1. The number of halogens is 2. The quantitative estimate of drug-likeness (QED) is 0.673. The first-order valence-electron chi connectivity index (χ1n) is 5.59. The molecule has 21 heavy (non-hydrogen) atoms. The summed E-state index contributed by atoms with van der Waals surface area (Å²) in [5.74, 6) is -3.52. The van der Waals surface area contributed by atoms with Crippen LogP contribution >= 0.6 is 0 Å². The van der Waals surface area contributed by atoms with Crippen molar-refractivity contribution in [2.45, 2.75) is 6.54 Å². The number of carboxylic acid groups (broad SMARTS) is 1. The van der Waals surface area contributed by atoms with Crippen LogP contribution in [-0.2, 0) is 6.54 Å². The minimum atomic E-state index is -1.57. The van der Waals surface area contributed by atoms with Gasteiger partial charge in [-0.05, 0) is 6.07 Å². The number of benzene rings is 1. The molecular formula is C11H9F2N5O3. The number of hydrogen-bond donors (Lipinski definition) is 4. The first-order chi connectivity index (χ1) is 9.97. The number of hydrogen-bond acceptors (Lipinski definition) is 4. The Kier molecular flexibility index (Phi) is 4.07. The zero-order chi connectivity index (χ0) is 15.4. The van der Waals surface area contributed by atoms with Crippen LogP contribution in [-0.4, -0.2) is 32.3 Å². The molecule has 0 aliphatic heterocycles. The molecule has 2 amide bonds. The zero-order valence-corrected chi connectivity index (χ0v) is 10.4. The first kappa shape index (κ1) is 14.4. The fraction of sp³-hybridized carbons (Fsp3) is 0.0909. The van der Waals surface area contributed by atoms with Gasteiger partial charge in [0.15, 0.2) is 0 Å². The van der Waals surface area contributed by atoms with E-state index in [1.54, 1.807) is 0 Å². The maximum absolute atomic E-state index is 13.5. The van der Waals surface area contributed by atoms with Gasteiger partial charge in [0.2, 0.25) is 0 Å². The van der Waals surface area contributed by atoms with Crippen LogP contribution in [0.15, 0.2) is 18.5 Å². The topological polar surface area (TPSA) is 120 Å². The highest BCUT2D eigenvalue weighted by Gasteiger charge is 2.16. The minimum Gasteiger partial charge on any atom is -0.478 e. The largest absolute Gasteiger partial charge is 0.478 e. The molecule has 0 aliphatic rings. The molecule has 1 aromatic carbocycles. The number of carbonyl (C=O) groups is 2. The summed E-state index contributed by atoms with van der Waals surface area (Å²) in [6.07, 6.45) is 1.24. The molecule has 0 spiro atoms. The molecule has 0 saturated heterocycles. The first-order valence-corrected chi connectivity index (χ1v) is 5.59. The number of aromatic amines is 1. The highest BCUT2D eigenvalue weighted by atomic mass is 19.1. The molecule has 0 unspecified atom stereocenters. The monoisotopic (exact) mass is 297 g/mol. The molecule has 10 heteroatoms. The lowest BCUT2D eigenvalue weighted by Gasteiger charge is -2.08. The number of carbonyl (C=O) groups excluding carboxylic acids is 1. The van der Waals surface area contributed by atoms with Crippen LogP contribution in [0.25, 0.3) is 0 Å². The fourth-order valence-electron chi connectivity index (χ4n) is 1.46. The fourth-order valence-corrected chi connectivity index (χ4v) is 1.46. The van der Waals surface area contributed by atoms with Gasteiger partial charge in [-0.2, -0.15) is 5.10 Å². The Morgan fingerprint density at radius 1 is 1.29 bits per heavy atom. The van der Waals surface area contributed by atoms with Crippen molar-refractivity contribution in [1.82, 2.24) is 20.5 Å². The van der Waals surface area contributed by atoms with Gasteiger partial charge in [-0.25, -0.2) is 23.4 Å². The number of aromatic nitrogens is 3. The Balaban J connectivity index is 2.06. The van der Waals surface area contributed by atoms with E-state index in [1.807, 2.05) is 0 Å². The number of nitrogens with one attached hydrogen (secondary N) is 3. The van der Waals surface area contributed by atoms with Gasteiger partial charge < -0.3 is 15.7 Å². The highest BCUT2D eigenvalue weighted by molar-refractivity contribution is 5.93. The van der Waals surface area contributed by atoms with Crippen LogP contribution < -0.4 is 10.6 Å². The number of anilines is 1. The van der Waals surface area contributed by atoms with Crippen molar-refractivity contribution in [2.75, 3.05) is 5.32 Å². The Bertz CT molecular complexity index is 675. The van der Waals surface area contributed by atoms with E-state index in [4.69, 9.17) is 5.11 Å². The van der Waals surface area contributed by atoms with Gasteiger partial charge in [-0.15, -0.1) is 0 Å². The summed E-state index contributed by atoms with van der Waals surface area (Å²) in [5.41, 5.74) is -1.20. The maximum atomic E-state index is 13.5. The molecular weight excluding hydrogens is 288 g/mol. The smallest absolute Gasteiger partial charge is 0.338 e. The Morgan fingerprint density at radius 2 is 2.05 bits per heavy atom. The van der Waals surface area contributed by atoms with Crippen LogP contribution in [0, 0.1) is 11.6 Å². The van der Waals surface area contributed by atoms with E-state index < -0.39 is 34.9 Å². The second-order valence-electron chi connectivity index (χ2n) is 3.86. The molecule has 1 heterocycles. The van der Waals surface area contributed by atoms with Crippen molar-refractivity contribution < 1.29 is 23.5 Å². The summed E-state index contributed by atoms with van der Waals surface area (Å²) in [4.78, 5) is 26.0. The SMILES string of the molecule is O=C(NCc1ncn[nH]1)Nc1cc(C(=O)O)c(F)cc1F. The third-order valence-electron chi connectivity index (χ3n) is 2.42. The van der Waals surface area contributed by atoms with Gasteiger partial charge in [0, 0.05) is 6.07 Å². The van der Waals surface area contributed by atoms with E-state index >= 15 is 0 Å². The van der Waals surface area contributed by atoms with Gasteiger partial charge in [0.25, 0.3) is 0 Å². The average Bonchev–Trinajstić information content (AvgIpc) is 2.92. The van der Waals surface area contributed by atoms with Crippen molar-refractivity contribution in [1.29, 1.82) is 0 Å². The molecule has 1 aromatic heterocycles. The van der Waals surface area contributed by atoms with Crippen molar-refractivity contribution in [3.63, 3.8) is 0 Å². The van der Waals surface area contributed by atoms with Crippen molar-refractivity contribution >= 4 is 17.7 Å². The highest BCUT2D eigenvalue weighted by Crippen LogP contribution is 2.19.